The molecule has 5 heteroatoms. The Labute approximate surface area is 349 Å². The minimum absolute atomic E-state index is 0.705. The number of para-hydroxylation sites is 2. The minimum Gasteiger partial charge on any atom is -0.317 e. The van der Waals surface area contributed by atoms with Gasteiger partial charge >= 0.3 is 0 Å². The molecule has 0 N–H and O–H groups in total. The molecule has 0 amide bonds. The summed E-state index contributed by atoms with van der Waals surface area (Å²) in [6.07, 6.45) is 7.91. The van der Waals surface area contributed by atoms with Crippen molar-refractivity contribution in [3.63, 3.8) is 0 Å². The molecule has 3 aromatic heterocycles. The van der Waals surface area contributed by atoms with Crippen molar-refractivity contribution in [3.8, 4) is 45.0 Å². The first kappa shape index (κ1) is 36.3. The van der Waals surface area contributed by atoms with Gasteiger partial charge in [-0.15, -0.1) is 0 Å². The fourth-order valence-electron chi connectivity index (χ4n) is 8.30. The smallest absolute Gasteiger partial charge is 0.159 e. The highest BCUT2D eigenvalue weighted by Gasteiger charge is 2.16. The molecule has 10 rings (SSSR count). The quantitative estimate of drug-likeness (QED) is 0.154. The Balaban J connectivity index is 1.08. The third-order valence-electron chi connectivity index (χ3n) is 11.2. The number of hydrogen-bond acceptors (Lipinski definition) is 3. The summed E-state index contributed by atoms with van der Waals surface area (Å²) in [5.74, 6) is 0.705. The van der Waals surface area contributed by atoms with Crippen LogP contribution in [0.15, 0.2) is 213 Å². The topological polar surface area (TPSA) is 38.9 Å². The summed E-state index contributed by atoms with van der Waals surface area (Å²) in [5, 5.41) is 5.54. The number of aromatic nitrogens is 4. The summed E-state index contributed by atoms with van der Waals surface area (Å²) >= 11 is 0. The number of hydrogen-bond donors (Lipinski definition) is 0. The second kappa shape index (κ2) is 15.7. The number of nitrogens with zero attached hydrogens (tertiary/aromatic N) is 5. The molecular weight excluding hydrogens is 731 g/mol. The molecule has 0 aliphatic rings. The van der Waals surface area contributed by atoms with Gasteiger partial charge in [-0.2, -0.15) is 0 Å². The van der Waals surface area contributed by atoms with E-state index in [0.717, 1.165) is 66.6 Å². The predicted octanol–water partition coefficient (Wildman–Crippen LogP) is 12.2. The van der Waals surface area contributed by atoms with E-state index in [4.69, 9.17) is 0 Å². The fourth-order valence-corrected chi connectivity index (χ4v) is 8.30. The van der Waals surface area contributed by atoms with E-state index >= 15 is 0 Å². The molecule has 0 spiro atoms. The molecule has 5 nitrogen and oxygen atoms in total. The molecular formula is C55H41N5. The zero-order valence-electron chi connectivity index (χ0n) is 33.2. The van der Waals surface area contributed by atoms with Gasteiger partial charge in [-0.05, 0) is 126 Å². The van der Waals surface area contributed by atoms with E-state index < -0.39 is 0 Å². The highest BCUT2D eigenvalue weighted by Crippen LogP contribution is 2.38. The summed E-state index contributed by atoms with van der Waals surface area (Å²) in [7, 11) is 0. The van der Waals surface area contributed by atoms with Crippen molar-refractivity contribution in [2.24, 2.45) is 0 Å². The second-order valence-electron chi connectivity index (χ2n) is 14.7. The van der Waals surface area contributed by atoms with E-state index in [1.54, 1.807) is 12.4 Å². The van der Waals surface area contributed by atoms with Crippen LogP contribution in [0.4, 0.5) is 17.1 Å². The first-order valence-electron chi connectivity index (χ1n) is 20.2. The molecule has 0 saturated carbocycles. The summed E-state index contributed by atoms with van der Waals surface area (Å²) < 4.78 is 4.55. The van der Waals surface area contributed by atoms with Crippen molar-refractivity contribution in [2.75, 3.05) is 4.90 Å². The molecule has 60 heavy (non-hydrogen) atoms. The van der Waals surface area contributed by atoms with Gasteiger partial charge in [0.1, 0.15) is 0 Å². The lowest BCUT2D eigenvalue weighted by Gasteiger charge is -2.26. The highest BCUT2D eigenvalue weighted by atomic mass is 15.1. The van der Waals surface area contributed by atoms with Crippen molar-refractivity contribution in [2.45, 2.75) is 6.92 Å². The van der Waals surface area contributed by atoms with Gasteiger partial charge < -0.3 is 14.0 Å². The molecule has 10 aromatic rings. The van der Waals surface area contributed by atoms with Crippen LogP contribution >= 0.6 is 0 Å². The zero-order valence-corrected chi connectivity index (χ0v) is 33.2. The SMILES string of the molecule is C=c1/c(=c2\c(=C/C)c3cc(-c4ccc(N(c5ccc(-c6ccccc6)cc5)c5ccc(-c6ncccn6)cc5)cc4)ccc3n2-c2ccccc2)ccn1-c1ccccc1. The third-order valence-corrected chi connectivity index (χ3v) is 11.2. The van der Waals surface area contributed by atoms with E-state index in [1.807, 2.05) is 12.1 Å². The van der Waals surface area contributed by atoms with Crippen LogP contribution in [-0.2, 0) is 0 Å². The van der Waals surface area contributed by atoms with Gasteiger partial charge in [-0.25, -0.2) is 9.97 Å². The van der Waals surface area contributed by atoms with Crippen LogP contribution in [0.25, 0.3) is 68.6 Å². The van der Waals surface area contributed by atoms with Crippen LogP contribution < -0.4 is 15.5 Å². The van der Waals surface area contributed by atoms with Gasteiger partial charge in [0, 0.05) is 73.8 Å². The third kappa shape index (κ3) is 6.68. The Morgan fingerprint density at radius 3 is 1.58 bits per heavy atom. The molecule has 7 aromatic carbocycles. The lowest BCUT2D eigenvalue weighted by Crippen LogP contribution is -2.15. The predicted molar refractivity (Wildman–Crippen MR) is 248 cm³/mol. The number of rotatable bonds is 8. The van der Waals surface area contributed by atoms with E-state index in [-0.39, 0.29) is 0 Å². The molecule has 286 valence electrons. The van der Waals surface area contributed by atoms with E-state index in [2.05, 4.69) is 232 Å². The maximum atomic E-state index is 4.61. The molecule has 0 fully saturated rings. The van der Waals surface area contributed by atoms with Gasteiger partial charge in [0.05, 0.1) is 10.9 Å². The summed E-state index contributed by atoms with van der Waals surface area (Å²) in [4.78, 5) is 11.2. The molecule has 0 aliphatic carbocycles. The Bertz CT molecular complexity index is 3200. The van der Waals surface area contributed by atoms with Crippen LogP contribution in [-0.4, -0.2) is 19.1 Å². The minimum atomic E-state index is 0.705. The van der Waals surface area contributed by atoms with Gasteiger partial charge in [0.25, 0.3) is 0 Å². The fraction of sp³-hybridized carbons (Fsp3) is 0.0182. The van der Waals surface area contributed by atoms with E-state index in [0.29, 0.717) is 5.82 Å². The van der Waals surface area contributed by atoms with Crippen LogP contribution in [0.1, 0.15) is 6.92 Å². The van der Waals surface area contributed by atoms with E-state index in [9.17, 15) is 0 Å². The van der Waals surface area contributed by atoms with Crippen molar-refractivity contribution < 1.29 is 0 Å². The molecule has 0 atom stereocenters. The Morgan fingerprint density at radius 1 is 0.500 bits per heavy atom. The van der Waals surface area contributed by atoms with Gasteiger partial charge in [0.15, 0.2) is 5.82 Å². The van der Waals surface area contributed by atoms with Gasteiger partial charge in [0.2, 0.25) is 0 Å². The first-order valence-corrected chi connectivity index (χ1v) is 20.2. The molecule has 3 heterocycles. The van der Waals surface area contributed by atoms with Gasteiger partial charge in [-0.1, -0.05) is 110 Å². The Kier molecular flexibility index (Phi) is 9.52. The van der Waals surface area contributed by atoms with Crippen LogP contribution in [0, 0.1) is 10.6 Å². The van der Waals surface area contributed by atoms with Gasteiger partial charge in [-0.3, -0.25) is 0 Å². The van der Waals surface area contributed by atoms with Crippen molar-refractivity contribution in [1.82, 2.24) is 19.1 Å². The first-order chi connectivity index (χ1) is 29.6. The molecule has 0 saturated heterocycles. The summed E-state index contributed by atoms with van der Waals surface area (Å²) in [6.45, 7) is 6.74. The standard InChI is InChI=1S/C55H41N5/c1-3-50-52-38-44(26-33-53(52)60(46-18-11-6-12-19-46)54(50)51-34-37-58(39(51)2)45-16-9-5-10-17-45)42-22-29-48(30-23-42)59(47-27-20-41(21-28-47)40-14-7-4-8-15-40)49-31-24-43(25-32-49)55-56-35-13-36-57-55/h3-38H,2H2,1H3/b50-3-,54-51+. The molecule has 0 radical (unpaired) electrons. The molecule has 0 aliphatic heterocycles. The highest BCUT2D eigenvalue weighted by molar-refractivity contribution is 5.89. The average molecular weight is 772 g/mol. The van der Waals surface area contributed by atoms with Crippen LogP contribution in [0.3, 0.4) is 0 Å². The van der Waals surface area contributed by atoms with Crippen molar-refractivity contribution in [3.05, 3.63) is 234 Å². The average Bonchev–Trinajstić information content (AvgIpc) is 3.87. The lowest BCUT2D eigenvalue weighted by molar-refractivity contribution is 1.02. The maximum absolute atomic E-state index is 4.61. The van der Waals surface area contributed by atoms with Crippen molar-refractivity contribution >= 4 is 40.6 Å². The Hall–Kier alpha value is -8.02. The van der Waals surface area contributed by atoms with Crippen LogP contribution in [0.2, 0.25) is 0 Å². The monoisotopic (exact) mass is 771 g/mol. The summed E-state index contributed by atoms with van der Waals surface area (Å²) in [6, 6.07) is 68.5. The number of anilines is 3. The number of benzene rings is 7. The van der Waals surface area contributed by atoms with Crippen molar-refractivity contribution in [1.29, 1.82) is 0 Å². The maximum Gasteiger partial charge on any atom is 0.159 e. The lowest BCUT2D eigenvalue weighted by atomic mass is 10.0. The Morgan fingerprint density at radius 2 is 1.00 bits per heavy atom. The largest absolute Gasteiger partial charge is 0.317 e. The molecule has 0 bridgehead atoms. The zero-order chi connectivity index (χ0) is 40.4. The van der Waals surface area contributed by atoms with E-state index in [1.165, 1.54) is 21.7 Å². The second-order valence-corrected chi connectivity index (χ2v) is 14.7. The normalized spacial score (nSPS) is 12.2. The van der Waals surface area contributed by atoms with Crippen LogP contribution in [0.5, 0.6) is 0 Å². The molecule has 0 unspecified atom stereocenters. The summed E-state index contributed by atoms with van der Waals surface area (Å²) in [5.41, 5.74) is 12.1. The number of fused-ring (bicyclic) bond motifs is 1.